The number of rotatable bonds is 6. The lowest BCUT2D eigenvalue weighted by Gasteiger charge is -2.28. The highest BCUT2D eigenvalue weighted by Gasteiger charge is 2.50. The number of halogens is 2. The van der Waals surface area contributed by atoms with Gasteiger partial charge in [-0.2, -0.15) is 0 Å². The van der Waals surface area contributed by atoms with Crippen molar-refractivity contribution in [2.75, 3.05) is 6.54 Å². The number of amides is 4. The minimum absolute atomic E-state index is 0.0720. The Bertz CT molecular complexity index is 830. The number of hydrogen-bond donors (Lipinski definition) is 2. The van der Waals surface area contributed by atoms with E-state index in [-0.39, 0.29) is 5.56 Å². The van der Waals surface area contributed by atoms with E-state index in [9.17, 15) is 23.2 Å². The van der Waals surface area contributed by atoms with Crippen LogP contribution in [0.25, 0.3) is 0 Å². The van der Waals surface area contributed by atoms with E-state index in [0.29, 0.717) is 12.8 Å². The van der Waals surface area contributed by atoms with Gasteiger partial charge in [-0.05, 0) is 37.5 Å². The topological polar surface area (TPSA) is 78.5 Å². The molecule has 1 heterocycles. The third kappa shape index (κ3) is 3.63. The van der Waals surface area contributed by atoms with Gasteiger partial charge in [0, 0.05) is 0 Å². The van der Waals surface area contributed by atoms with Crippen LogP contribution in [-0.4, -0.2) is 34.8 Å². The second kappa shape index (κ2) is 7.35. The smallest absolute Gasteiger partial charge is 0.325 e. The molecule has 144 valence electrons. The predicted octanol–water partition coefficient (Wildman–Crippen LogP) is 2.04. The van der Waals surface area contributed by atoms with E-state index in [1.165, 1.54) is 13.0 Å². The summed E-state index contributed by atoms with van der Waals surface area (Å²) < 4.78 is 26.7. The molecule has 0 saturated carbocycles. The van der Waals surface area contributed by atoms with Gasteiger partial charge in [0.2, 0.25) is 5.91 Å². The minimum Gasteiger partial charge on any atom is -0.338 e. The summed E-state index contributed by atoms with van der Waals surface area (Å²) in [6, 6.07) is 2.11. The SMILES string of the molecule is C#CC(CC)(CC)NC(=O)CN1C(=O)NC(C)(c2ccc(F)c(F)c2)C1=O. The molecule has 1 atom stereocenters. The largest absolute Gasteiger partial charge is 0.338 e. The Kier molecular flexibility index (Phi) is 5.54. The molecule has 4 amide bonds. The quantitative estimate of drug-likeness (QED) is 0.588. The molecule has 1 fully saturated rings. The number of nitrogens with one attached hydrogen (secondary N) is 2. The maximum atomic E-state index is 13.5. The number of urea groups is 1. The number of nitrogens with zero attached hydrogens (tertiary/aromatic N) is 1. The molecular weight excluding hydrogens is 356 g/mol. The number of hydrogen-bond acceptors (Lipinski definition) is 3. The van der Waals surface area contributed by atoms with Gasteiger partial charge in [-0.25, -0.2) is 13.6 Å². The summed E-state index contributed by atoms with van der Waals surface area (Å²) in [5.41, 5.74) is -2.40. The average Bonchev–Trinajstić information content (AvgIpc) is 2.86. The molecule has 0 radical (unpaired) electrons. The summed E-state index contributed by atoms with van der Waals surface area (Å²) in [6.45, 7) is 4.46. The van der Waals surface area contributed by atoms with Gasteiger partial charge < -0.3 is 10.6 Å². The second-order valence-electron chi connectivity index (χ2n) is 6.56. The normalized spacial score (nSPS) is 19.6. The molecule has 0 aliphatic carbocycles. The lowest BCUT2D eigenvalue weighted by atomic mass is 9.92. The van der Waals surface area contributed by atoms with Gasteiger partial charge in [0.05, 0.1) is 0 Å². The first kappa shape index (κ1) is 20.4. The van der Waals surface area contributed by atoms with Crippen LogP contribution in [0.3, 0.4) is 0 Å². The number of benzene rings is 1. The fraction of sp³-hybridized carbons (Fsp3) is 0.421. The summed E-state index contributed by atoms with van der Waals surface area (Å²) in [6.07, 6.45) is 6.46. The van der Waals surface area contributed by atoms with E-state index in [1.54, 1.807) is 0 Å². The molecule has 0 bridgehead atoms. The molecular formula is C19H21F2N3O3. The third-order valence-corrected chi connectivity index (χ3v) is 4.94. The highest BCUT2D eigenvalue weighted by molar-refractivity contribution is 6.09. The highest BCUT2D eigenvalue weighted by atomic mass is 19.2. The van der Waals surface area contributed by atoms with E-state index >= 15 is 0 Å². The molecule has 1 aromatic carbocycles. The summed E-state index contributed by atoms with van der Waals surface area (Å²) in [5.74, 6) is -1.01. The molecule has 1 aliphatic heterocycles. The van der Waals surface area contributed by atoms with Gasteiger partial charge in [-0.15, -0.1) is 6.42 Å². The van der Waals surface area contributed by atoms with Crippen molar-refractivity contribution >= 4 is 17.8 Å². The first-order chi connectivity index (χ1) is 12.6. The molecule has 2 N–H and O–H groups in total. The number of imide groups is 1. The van der Waals surface area contributed by atoms with Crippen molar-refractivity contribution in [2.24, 2.45) is 0 Å². The zero-order valence-corrected chi connectivity index (χ0v) is 15.4. The standard InChI is InChI=1S/C19H21F2N3O3/c1-5-19(6-2,7-3)22-15(25)11-24-16(26)18(4,23-17(24)27)12-8-9-13(20)14(21)10-12/h1,8-10H,6-7,11H2,2-4H3,(H,22,25)(H,23,27). The molecule has 2 rings (SSSR count). The van der Waals surface area contributed by atoms with Crippen LogP contribution in [0.4, 0.5) is 13.6 Å². The first-order valence-corrected chi connectivity index (χ1v) is 8.51. The maximum Gasteiger partial charge on any atom is 0.325 e. The zero-order chi connectivity index (χ0) is 20.4. The molecule has 1 saturated heterocycles. The lowest BCUT2D eigenvalue weighted by Crippen LogP contribution is -2.51. The van der Waals surface area contributed by atoms with Crippen LogP contribution in [0.1, 0.15) is 39.2 Å². The minimum atomic E-state index is -1.61. The number of carbonyl (C=O) groups is 3. The van der Waals surface area contributed by atoms with Crippen molar-refractivity contribution < 1.29 is 23.2 Å². The Morgan fingerprint density at radius 1 is 1.30 bits per heavy atom. The van der Waals surface area contributed by atoms with Crippen molar-refractivity contribution in [1.82, 2.24) is 15.5 Å². The summed E-state index contributed by atoms with van der Waals surface area (Å²) >= 11 is 0. The summed E-state index contributed by atoms with van der Waals surface area (Å²) in [7, 11) is 0. The van der Waals surface area contributed by atoms with Crippen molar-refractivity contribution in [3.05, 3.63) is 35.4 Å². The molecule has 0 aromatic heterocycles. The Morgan fingerprint density at radius 2 is 1.93 bits per heavy atom. The van der Waals surface area contributed by atoms with Crippen LogP contribution in [0.5, 0.6) is 0 Å². The van der Waals surface area contributed by atoms with Crippen molar-refractivity contribution in [2.45, 2.75) is 44.7 Å². The van der Waals surface area contributed by atoms with Crippen molar-refractivity contribution in [1.29, 1.82) is 0 Å². The van der Waals surface area contributed by atoms with Gasteiger partial charge in [-0.3, -0.25) is 14.5 Å². The molecule has 1 unspecified atom stereocenters. The molecule has 1 aromatic rings. The number of terminal acetylenes is 1. The Balaban J connectivity index is 2.22. The fourth-order valence-corrected chi connectivity index (χ4v) is 2.96. The molecule has 1 aliphatic rings. The van der Waals surface area contributed by atoms with Crippen LogP contribution in [0, 0.1) is 24.0 Å². The third-order valence-electron chi connectivity index (χ3n) is 4.94. The predicted molar refractivity (Wildman–Crippen MR) is 94.2 cm³/mol. The van der Waals surface area contributed by atoms with E-state index in [1.807, 2.05) is 13.8 Å². The fourth-order valence-electron chi connectivity index (χ4n) is 2.96. The lowest BCUT2D eigenvalue weighted by molar-refractivity contribution is -0.135. The molecule has 6 nitrogen and oxygen atoms in total. The van der Waals surface area contributed by atoms with E-state index < -0.39 is 47.1 Å². The molecule has 0 spiro atoms. The van der Waals surface area contributed by atoms with E-state index in [2.05, 4.69) is 16.6 Å². The highest BCUT2D eigenvalue weighted by Crippen LogP contribution is 2.29. The first-order valence-electron chi connectivity index (χ1n) is 8.51. The second-order valence-corrected chi connectivity index (χ2v) is 6.56. The maximum absolute atomic E-state index is 13.5. The Labute approximate surface area is 156 Å². The van der Waals surface area contributed by atoms with Gasteiger partial charge in [0.25, 0.3) is 5.91 Å². The Morgan fingerprint density at radius 3 is 2.44 bits per heavy atom. The average molecular weight is 377 g/mol. The molecule has 27 heavy (non-hydrogen) atoms. The van der Waals surface area contributed by atoms with E-state index in [4.69, 9.17) is 6.42 Å². The monoisotopic (exact) mass is 377 g/mol. The van der Waals surface area contributed by atoms with Gasteiger partial charge in [0.1, 0.15) is 17.6 Å². The van der Waals surface area contributed by atoms with Crippen molar-refractivity contribution in [3.63, 3.8) is 0 Å². The zero-order valence-electron chi connectivity index (χ0n) is 15.4. The van der Waals surface area contributed by atoms with E-state index in [0.717, 1.165) is 17.0 Å². The van der Waals surface area contributed by atoms with Crippen LogP contribution in [0.15, 0.2) is 18.2 Å². The summed E-state index contributed by atoms with van der Waals surface area (Å²) in [4.78, 5) is 38.1. The van der Waals surface area contributed by atoms with Crippen LogP contribution < -0.4 is 10.6 Å². The Hall–Kier alpha value is -2.95. The molecule has 8 heteroatoms. The number of carbonyl (C=O) groups excluding carboxylic acids is 3. The van der Waals surface area contributed by atoms with Crippen molar-refractivity contribution in [3.8, 4) is 12.3 Å². The van der Waals surface area contributed by atoms with Crippen LogP contribution in [-0.2, 0) is 15.1 Å². The summed E-state index contributed by atoms with van der Waals surface area (Å²) in [5, 5.41) is 5.10. The van der Waals surface area contributed by atoms with Crippen LogP contribution >= 0.6 is 0 Å². The van der Waals surface area contributed by atoms with Gasteiger partial charge >= 0.3 is 6.03 Å². The van der Waals surface area contributed by atoms with Gasteiger partial charge in [-0.1, -0.05) is 25.8 Å². The van der Waals surface area contributed by atoms with Crippen LogP contribution in [0.2, 0.25) is 0 Å². The van der Waals surface area contributed by atoms with Gasteiger partial charge in [0.15, 0.2) is 11.6 Å².